The molecule has 0 saturated heterocycles. The molecule has 1 N–H and O–H groups in total. The van der Waals surface area contributed by atoms with Crippen LogP contribution in [0.4, 0.5) is 5.69 Å². The number of benzene rings is 3. The minimum Gasteiger partial charge on any atom is -0.354 e. The summed E-state index contributed by atoms with van der Waals surface area (Å²) >= 11 is 6.20. The predicted molar refractivity (Wildman–Crippen MR) is 166 cm³/mol. The third kappa shape index (κ3) is 8.57. The van der Waals surface area contributed by atoms with Crippen LogP contribution in [0.25, 0.3) is 0 Å². The summed E-state index contributed by atoms with van der Waals surface area (Å²) in [6.45, 7) is 9.77. The number of sulfonamides is 1. The molecule has 1 atom stereocenters. The Labute approximate surface area is 249 Å². The van der Waals surface area contributed by atoms with Gasteiger partial charge in [-0.05, 0) is 73.7 Å². The Kier molecular flexibility index (Phi) is 11.4. The first-order chi connectivity index (χ1) is 19.4. The van der Waals surface area contributed by atoms with Crippen molar-refractivity contribution in [1.82, 2.24) is 10.2 Å². The van der Waals surface area contributed by atoms with Gasteiger partial charge in [-0.1, -0.05) is 80.8 Å². The molecular weight excluding hydrogens is 558 g/mol. The van der Waals surface area contributed by atoms with Crippen LogP contribution in [-0.2, 0) is 26.2 Å². The van der Waals surface area contributed by atoms with Crippen LogP contribution in [0.5, 0.6) is 0 Å². The van der Waals surface area contributed by atoms with Gasteiger partial charge >= 0.3 is 0 Å². The molecule has 9 heteroatoms. The summed E-state index contributed by atoms with van der Waals surface area (Å²) in [6, 6.07) is 19.9. The summed E-state index contributed by atoms with van der Waals surface area (Å²) in [5, 5.41) is 3.39. The zero-order chi connectivity index (χ0) is 30.2. The number of aryl methyl sites for hydroxylation is 1. The van der Waals surface area contributed by atoms with E-state index in [1.165, 1.54) is 17.0 Å². The van der Waals surface area contributed by atoms with Gasteiger partial charge in [0, 0.05) is 18.1 Å². The number of nitrogens with one attached hydrogen (secondary N) is 1. The second kappa shape index (κ2) is 14.5. The van der Waals surface area contributed by atoms with Gasteiger partial charge in [-0.15, -0.1) is 0 Å². The van der Waals surface area contributed by atoms with E-state index in [1.54, 1.807) is 49.4 Å². The fraction of sp³-hybridized carbons (Fsp3) is 0.375. The molecule has 0 aliphatic heterocycles. The lowest BCUT2D eigenvalue weighted by Gasteiger charge is -2.32. The molecule has 0 radical (unpaired) electrons. The first-order valence-corrected chi connectivity index (χ1v) is 15.8. The lowest BCUT2D eigenvalue weighted by atomic mass is 10.0. The van der Waals surface area contributed by atoms with Gasteiger partial charge in [0.1, 0.15) is 12.6 Å². The van der Waals surface area contributed by atoms with Crippen LogP contribution in [0.1, 0.15) is 63.1 Å². The van der Waals surface area contributed by atoms with Crippen molar-refractivity contribution in [2.45, 2.75) is 70.9 Å². The lowest BCUT2D eigenvalue weighted by Crippen LogP contribution is -2.51. The molecule has 0 saturated carbocycles. The van der Waals surface area contributed by atoms with E-state index in [9.17, 15) is 18.0 Å². The Hall–Kier alpha value is -3.36. The minimum atomic E-state index is -4.11. The average Bonchev–Trinajstić information content (AvgIpc) is 2.94. The quantitative estimate of drug-likeness (QED) is 0.234. The number of amides is 2. The monoisotopic (exact) mass is 597 g/mol. The van der Waals surface area contributed by atoms with Crippen molar-refractivity contribution in [3.05, 3.63) is 94.5 Å². The van der Waals surface area contributed by atoms with E-state index in [0.717, 1.165) is 33.8 Å². The highest BCUT2D eigenvalue weighted by Crippen LogP contribution is 2.27. The number of carbonyl (C=O) groups is 2. The second-order valence-corrected chi connectivity index (χ2v) is 12.8. The first kappa shape index (κ1) is 32.2. The minimum absolute atomic E-state index is 0.0792. The normalized spacial score (nSPS) is 12.2. The number of halogens is 1. The van der Waals surface area contributed by atoms with Crippen LogP contribution in [-0.4, -0.2) is 44.3 Å². The molecule has 7 nitrogen and oxygen atoms in total. The summed E-state index contributed by atoms with van der Waals surface area (Å²) in [5.41, 5.74) is 3.07. The van der Waals surface area contributed by atoms with E-state index in [-0.39, 0.29) is 23.3 Å². The number of unbranched alkanes of at least 4 members (excludes halogenated alkanes) is 1. The van der Waals surface area contributed by atoms with Crippen LogP contribution in [0.15, 0.2) is 77.7 Å². The zero-order valence-electron chi connectivity index (χ0n) is 24.4. The van der Waals surface area contributed by atoms with Crippen molar-refractivity contribution in [2.75, 3.05) is 17.4 Å². The van der Waals surface area contributed by atoms with Crippen LogP contribution in [0.2, 0.25) is 5.02 Å². The Morgan fingerprint density at radius 1 is 0.951 bits per heavy atom. The third-order valence-electron chi connectivity index (χ3n) is 6.97. The van der Waals surface area contributed by atoms with Crippen molar-refractivity contribution >= 4 is 39.1 Å². The molecule has 220 valence electrons. The molecule has 3 aromatic carbocycles. The first-order valence-electron chi connectivity index (χ1n) is 13.9. The highest BCUT2D eigenvalue weighted by Gasteiger charge is 2.32. The maximum atomic E-state index is 14.0. The second-order valence-electron chi connectivity index (χ2n) is 10.5. The number of rotatable bonds is 13. The van der Waals surface area contributed by atoms with Gasteiger partial charge in [0.2, 0.25) is 11.8 Å². The Balaban J connectivity index is 2.02. The van der Waals surface area contributed by atoms with Crippen molar-refractivity contribution in [3.63, 3.8) is 0 Å². The maximum Gasteiger partial charge on any atom is 0.264 e. The van der Waals surface area contributed by atoms with E-state index in [2.05, 4.69) is 19.2 Å². The highest BCUT2D eigenvalue weighted by molar-refractivity contribution is 7.92. The molecule has 41 heavy (non-hydrogen) atoms. The maximum absolute atomic E-state index is 14.0. The molecule has 0 spiro atoms. The fourth-order valence-corrected chi connectivity index (χ4v) is 5.97. The molecule has 0 aliphatic rings. The molecule has 3 aromatic rings. The largest absolute Gasteiger partial charge is 0.354 e. The topological polar surface area (TPSA) is 86.8 Å². The van der Waals surface area contributed by atoms with E-state index in [0.29, 0.717) is 17.3 Å². The van der Waals surface area contributed by atoms with Crippen molar-refractivity contribution in [2.24, 2.45) is 0 Å². The number of hydrogen-bond acceptors (Lipinski definition) is 4. The van der Waals surface area contributed by atoms with E-state index < -0.39 is 28.5 Å². The molecule has 0 aromatic heterocycles. The highest BCUT2D eigenvalue weighted by atomic mass is 35.5. The molecule has 0 bridgehead atoms. The van der Waals surface area contributed by atoms with Gasteiger partial charge in [-0.3, -0.25) is 13.9 Å². The SMILES string of the molecule is CCCCNC(=O)C(C)N(Cc1cccc(Cl)c1)C(=O)CN(c1ccc(C(C)C)cc1)S(=O)(=O)c1ccc(C)cc1. The predicted octanol–water partition coefficient (Wildman–Crippen LogP) is 6.30. The molecule has 1 unspecified atom stereocenters. The number of anilines is 1. The van der Waals surface area contributed by atoms with Crippen LogP contribution < -0.4 is 9.62 Å². The summed E-state index contributed by atoms with van der Waals surface area (Å²) in [7, 11) is -4.11. The smallest absolute Gasteiger partial charge is 0.264 e. The van der Waals surface area contributed by atoms with E-state index in [4.69, 9.17) is 11.6 Å². The number of nitrogens with zero attached hydrogens (tertiary/aromatic N) is 2. The third-order valence-corrected chi connectivity index (χ3v) is 9.00. The van der Waals surface area contributed by atoms with Gasteiger partial charge in [-0.2, -0.15) is 0 Å². The Morgan fingerprint density at radius 2 is 1.61 bits per heavy atom. The summed E-state index contributed by atoms with van der Waals surface area (Å²) in [5.74, 6) is -0.553. The number of hydrogen-bond donors (Lipinski definition) is 1. The van der Waals surface area contributed by atoms with Gasteiger partial charge in [0.15, 0.2) is 0 Å². The molecule has 0 aliphatic carbocycles. The lowest BCUT2D eigenvalue weighted by molar-refractivity contribution is -0.139. The van der Waals surface area contributed by atoms with Gasteiger partial charge in [0.25, 0.3) is 10.0 Å². The van der Waals surface area contributed by atoms with Gasteiger partial charge < -0.3 is 10.2 Å². The summed E-state index contributed by atoms with van der Waals surface area (Å²) in [6.07, 6.45) is 1.73. The van der Waals surface area contributed by atoms with E-state index >= 15 is 0 Å². The summed E-state index contributed by atoms with van der Waals surface area (Å²) in [4.78, 5) is 28.6. The average molecular weight is 598 g/mol. The molecule has 2 amide bonds. The van der Waals surface area contributed by atoms with E-state index in [1.807, 2.05) is 32.0 Å². The van der Waals surface area contributed by atoms with Crippen LogP contribution in [0, 0.1) is 6.92 Å². The van der Waals surface area contributed by atoms with Crippen LogP contribution >= 0.6 is 11.6 Å². The summed E-state index contributed by atoms with van der Waals surface area (Å²) < 4.78 is 29.0. The zero-order valence-corrected chi connectivity index (χ0v) is 26.0. The molecular formula is C32H40ClN3O4S. The van der Waals surface area contributed by atoms with Gasteiger partial charge in [-0.25, -0.2) is 8.42 Å². The Bertz CT molecular complexity index is 1420. The van der Waals surface area contributed by atoms with Crippen molar-refractivity contribution in [3.8, 4) is 0 Å². The standard InChI is InChI=1S/C32H40ClN3O4S/c1-6-7-19-34-32(38)25(5)35(21-26-9-8-10-28(33)20-26)31(37)22-36(29-15-13-27(14-16-29)23(2)3)41(39,40)30-17-11-24(4)12-18-30/h8-18,20,23,25H,6-7,19,21-22H2,1-5H3,(H,34,38). The van der Waals surface area contributed by atoms with Crippen molar-refractivity contribution < 1.29 is 18.0 Å². The van der Waals surface area contributed by atoms with Crippen LogP contribution in [0.3, 0.4) is 0 Å². The van der Waals surface area contributed by atoms with Crippen molar-refractivity contribution in [1.29, 1.82) is 0 Å². The van der Waals surface area contributed by atoms with Gasteiger partial charge in [0.05, 0.1) is 10.6 Å². The number of carbonyl (C=O) groups excluding carboxylic acids is 2. The fourth-order valence-electron chi connectivity index (χ4n) is 4.34. The molecule has 0 fully saturated rings. The Morgan fingerprint density at radius 3 is 2.20 bits per heavy atom. The molecule has 0 heterocycles. The molecule has 3 rings (SSSR count).